The zero-order chi connectivity index (χ0) is 29.9. The molecule has 1 aromatic heterocycles. The molecule has 1 fully saturated rings. The lowest BCUT2D eigenvalue weighted by atomic mass is 10.1. The van der Waals surface area contributed by atoms with Crippen LogP contribution in [0.15, 0.2) is 91.1 Å². The molecule has 226 valence electrons. The number of morpholine rings is 1. The lowest BCUT2D eigenvalue weighted by molar-refractivity contribution is 0.0888. The molecule has 1 aliphatic rings. The molecular weight excluding hydrogens is 540 g/mol. The number of hydrogen-bond donors (Lipinski definition) is 0. The van der Waals surface area contributed by atoms with Crippen molar-refractivity contribution >= 4 is 17.2 Å². The Bertz CT molecular complexity index is 1410. The minimum absolute atomic E-state index is 0.479. The van der Waals surface area contributed by atoms with E-state index in [1.165, 1.54) is 11.3 Å². The molecule has 0 radical (unpaired) electrons. The number of rotatable bonds is 14. The molecule has 3 aromatic carbocycles. The van der Waals surface area contributed by atoms with Crippen LogP contribution in [0.2, 0.25) is 0 Å². The number of anilines is 3. The summed E-state index contributed by atoms with van der Waals surface area (Å²) in [7, 11) is 5.73. The molecule has 5 rings (SSSR count). The number of aromatic nitrogens is 1. The molecule has 43 heavy (non-hydrogen) atoms. The highest BCUT2D eigenvalue weighted by Crippen LogP contribution is 2.23. The van der Waals surface area contributed by atoms with Gasteiger partial charge in [-0.2, -0.15) is 0 Å². The van der Waals surface area contributed by atoms with E-state index in [9.17, 15) is 0 Å². The highest BCUT2D eigenvalue weighted by Gasteiger charge is 2.14. The van der Waals surface area contributed by atoms with Crippen molar-refractivity contribution < 1.29 is 18.9 Å². The molecule has 1 saturated heterocycles. The molecule has 8 nitrogen and oxygen atoms in total. The summed E-state index contributed by atoms with van der Waals surface area (Å²) in [5.41, 5.74) is 5.76. The molecule has 8 heteroatoms. The van der Waals surface area contributed by atoms with Gasteiger partial charge in [0.25, 0.3) is 0 Å². The summed E-state index contributed by atoms with van der Waals surface area (Å²) in [6.07, 6.45) is 1.90. The third kappa shape index (κ3) is 8.86. The number of pyridine rings is 1. The first-order valence-corrected chi connectivity index (χ1v) is 14.8. The summed E-state index contributed by atoms with van der Waals surface area (Å²) in [6.45, 7) is 6.32. The Labute approximate surface area is 255 Å². The van der Waals surface area contributed by atoms with Crippen LogP contribution in [0.3, 0.4) is 0 Å². The smallest absolute Gasteiger partial charge is 0.129 e. The molecule has 0 N–H and O–H groups in total. The number of ether oxygens (including phenoxy) is 4. The van der Waals surface area contributed by atoms with Gasteiger partial charge in [0.05, 0.1) is 33.5 Å². The largest absolute Gasteiger partial charge is 0.497 e. The Morgan fingerprint density at radius 3 is 2.28 bits per heavy atom. The lowest BCUT2D eigenvalue weighted by Gasteiger charge is -2.29. The topological polar surface area (TPSA) is 59.5 Å². The van der Waals surface area contributed by atoms with E-state index in [0.717, 1.165) is 67.0 Å². The van der Waals surface area contributed by atoms with Gasteiger partial charge in [0.2, 0.25) is 0 Å². The zero-order valence-corrected chi connectivity index (χ0v) is 25.4. The van der Waals surface area contributed by atoms with Gasteiger partial charge in [-0.15, -0.1) is 0 Å². The second kappa shape index (κ2) is 15.3. The van der Waals surface area contributed by atoms with Gasteiger partial charge in [-0.25, -0.2) is 4.98 Å². The number of nitrogens with zero attached hydrogens (tertiary/aromatic N) is 4. The molecule has 2 heterocycles. The van der Waals surface area contributed by atoms with Gasteiger partial charge < -0.3 is 33.6 Å². The van der Waals surface area contributed by atoms with Crippen LogP contribution in [0.5, 0.6) is 11.5 Å². The summed E-state index contributed by atoms with van der Waals surface area (Å²) in [5.74, 6) is 2.60. The van der Waals surface area contributed by atoms with Crippen molar-refractivity contribution in [1.82, 2.24) is 4.98 Å². The summed E-state index contributed by atoms with van der Waals surface area (Å²) >= 11 is 0. The maximum absolute atomic E-state index is 5.88. The van der Waals surface area contributed by atoms with Crippen LogP contribution in [-0.2, 0) is 29.2 Å². The van der Waals surface area contributed by atoms with E-state index < -0.39 is 0 Å². The summed E-state index contributed by atoms with van der Waals surface area (Å²) in [4.78, 5) is 11.6. The molecule has 0 amide bonds. The SMILES string of the molecule is COc1cccc(CN(Cc2ccc(N3CCOCC3)cc2)c2ccc(COCCOc3cccc(N(C)C)c3)cn2)c1. The first kappa shape index (κ1) is 30.2. The number of methoxy groups -OCH3 is 1. The summed E-state index contributed by atoms with van der Waals surface area (Å²) < 4.78 is 22.7. The van der Waals surface area contributed by atoms with E-state index in [4.69, 9.17) is 23.9 Å². The predicted molar refractivity (Wildman–Crippen MR) is 173 cm³/mol. The Morgan fingerprint density at radius 1 is 0.791 bits per heavy atom. The number of benzene rings is 3. The molecule has 0 bridgehead atoms. The molecule has 0 spiro atoms. The summed E-state index contributed by atoms with van der Waals surface area (Å²) in [6, 6.07) is 29.2. The second-order valence-corrected chi connectivity index (χ2v) is 10.8. The monoisotopic (exact) mass is 582 g/mol. The second-order valence-electron chi connectivity index (χ2n) is 10.8. The molecule has 0 aliphatic carbocycles. The minimum atomic E-state index is 0.479. The van der Waals surface area contributed by atoms with Gasteiger partial charge >= 0.3 is 0 Å². The predicted octanol–water partition coefficient (Wildman–Crippen LogP) is 5.80. The molecule has 0 saturated carbocycles. The zero-order valence-electron chi connectivity index (χ0n) is 25.4. The van der Waals surface area contributed by atoms with Crippen LogP contribution < -0.4 is 24.2 Å². The van der Waals surface area contributed by atoms with Gasteiger partial charge in [-0.3, -0.25) is 0 Å². The maximum atomic E-state index is 5.88. The van der Waals surface area contributed by atoms with Gasteiger partial charge in [0, 0.05) is 63.9 Å². The third-order valence-corrected chi connectivity index (χ3v) is 7.43. The Morgan fingerprint density at radius 2 is 1.53 bits per heavy atom. The Kier molecular flexibility index (Phi) is 10.7. The van der Waals surface area contributed by atoms with Crippen molar-refractivity contribution in [2.75, 3.05) is 75.4 Å². The van der Waals surface area contributed by atoms with Crippen LogP contribution in [0.4, 0.5) is 17.2 Å². The van der Waals surface area contributed by atoms with E-state index in [2.05, 4.69) is 69.3 Å². The van der Waals surface area contributed by atoms with Crippen molar-refractivity contribution in [3.8, 4) is 11.5 Å². The molecular formula is C35H42N4O4. The van der Waals surface area contributed by atoms with E-state index in [1.807, 2.05) is 50.6 Å². The standard InChI is InChI=1S/C35H42N4O4/c1-37(2)32-7-5-9-34(23-32)43-21-20-42-27-30-12-15-35(36-24-30)39(26-29-6-4-8-33(22-29)40-3)25-28-10-13-31(14-11-28)38-16-18-41-19-17-38/h4-15,22-24H,16-21,25-27H2,1-3H3. The molecule has 0 unspecified atom stereocenters. The first-order valence-electron chi connectivity index (χ1n) is 14.8. The quantitative estimate of drug-likeness (QED) is 0.173. The fourth-order valence-corrected chi connectivity index (χ4v) is 5.01. The van der Waals surface area contributed by atoms with E-state index in [-0.39, 0.29) is 0 Å². The van der Waals surface area contributed by atoms with Gasteiger partial charge in [0.15, 0.2) is 0 Å². The fourth-order valence-electron chi connectivity index (χ4n) is 5.01. The van der Waals surface area contributed by atoms with Crippen molar-refractivity contribution in [1.29, 1.82) is 0 Å². The van der Waals surface area contributed by atoms with Gasteiger partial charge in [-0.1, -0.05) is 36.4 Å². The Hall–Kier alpha value is -4.27. The van der Waals surface area contributed by atoms with Crippen LogP contribution >= 0.6 is 0 Å². The highest BCUT2D eigenvalue weighted by molar-refractivity contribution is 5.50. The van der Waals surface area contributed by atoms with Crippen LogP contribution in [-0.4, -0.2) is 65.7 Å². The van der Waals surface area contributed by atoms with E-state index in [0.29, 0.717) is 26.4 Å². The average Bonchev–Trinajstić information content (AvgIpc) is 3.05. The van der Waals surface area contributed by atoms with Crippen molar-refractivity contribution in [2.24, 2.45) is 0 Å². The first-order chi connectivity index (χ1) is 21.1. The van der Waals surface area contributed by atoms with Crippen LogP contribution in [0.25, 0.3) is 0 Å². The minimum Gasteiger partial charge on any atom is -0.497 e. The normalized spacial score (nSPS) is 13.0. The fraction of sp³-hybridized carbons (Fsp3) is 0.343. The summed E-state index contributed by atoms with van der Waals surface area (Å²) in [5, 5.41) is 0. The van der Waals surface area contributed by atoms with E-state index >= 15 is 0 Å². The molecule has 4 aromatic rings. The Balaban J connectivity index is 1.19. The van der Waals surface area contributed by atoms with Crippen molar-refractivity contribution in [3.05, 3.63) is 108 Å². The third-order valence-electron chi connectivity index (χ3n) is 7.43. The lowest BCUT2D eigenvalue weighted by Crippen LogP contribution is -2.36. The van der Waals surface area contributed by atoms with Crippen LogP contribution in [0.1, 0.15) is 16.7 Å². The van der Waals surface area contributed by atoms with Crippen LogP contribution in [0, 0.1) is 0 Å². The number of hydrogen-bond acceptors (Lipinski definition) is 8. The van der Waals surface area contributed by atoms with Crippen molar-refractivity contribution in [2.45, 2.75) is 19.7 Å². The average molecular weight is 583 g/mol. The molecule has 1 aliphatic heterocycles. The van der Waals surface area contributed by atoms with Gasteiger partial charge in [0.1, 0.15) is 23.9 Å². The van der Waals surface area contributed by atoms with E-state index in [1.54, 1.807) is 7.11 Å². The van der Waals surface area contributed by atoms with Crippen molar-refractivity contribution in [3.63, 3.8) is 0 Å². The highest BCUT2D eigenvalue weighted by atomic mass is 16.5. The van der Waals surface area contributed by atoms with Gasteiger partial charge in [-0.05, 0) is 59.2 Å². The molecule has 0 atom stereocenters. The maximum Gasteiger partial charge on any atom is 0.129 e.